The summed E-state index contributed by atoms with van der Waals surface area (Å²) >= 11 is 1.22. The van der Waals surface area contributed by atoms with Gasteiger partial charge in [-0.1, -0.05) is 30.7 Å². The van der Waals surface area contributed by atoms with E-state index >= 15 is 0 Å². The number of fused-ring (bicyclic) bond motifs is 1. The van der Waals surface area contributed by atoms with Gasteiger partial charge in [0, 0.05) is 17.3 Å². The Morgan fingerprint density at radius 1 is 1.24 bits per heavy atom. The molecule has 1 amide bonds. The minimum absolute atomic E-state index is 0.0982. The summed E-state index contributed by atoms with van der Waals surface area (Å²) in [5.41, 5.74) is 2.98. The van der Waals surface area contributed by atoms with Crippen molar-refractivity contribution in [3.8, 4) is 0 Å². The van der Waals surface area contributed by atoms with Gasteiger partial charge in [-0.05, 0) is 26.3 Å². The molecule has 3 aromatic rings. The van der Waals surface area contributed by atoms with E-state index in [1.807, 2.05) is 34.6 Å². The predicted molar refractivity (Wildman–Crippen MR) is 92.7 cm³/mol. The molecule has 0 saturated heterocycles. The van der Waals surface area contributed by atoms with Gasteiger partial charge in [-0.3, -0.25) is 10.1 Å². The number of nitrogens with zero attached hydrogens (tertiary/aromatic N) is 6. The Morgan fingerprint density at radius 3 is 2.68 bits per heavy atom. The van der Waals surface area contributed by atoms with E-state index in [1.54, 1.807) is 4.52 Å². The molecule has 0 unspecified atom stereocenters. The van der Waals surface area contributed by atoms with Crippen LogP contribution in [0.3, 0.4) is 0 Å². The summed E-state index contributed by atoms with van der Waals surface area (Å²) in [5.74, 6) is 0.990. The molecule has 0 fully saturated rings. The highest BCUT2D eigenvalue weighted by Crippen LogP contribution is 2.18. The summed E-state index contributed by atoms with van der Waals surface area (Å²) in [6.45, 7) is 9.77. The third-order valence-electron chi connectivity index (χ3n) is 3.75. The van der Waals surface area contributed by atoms with Gasteiger partial charge in [0.15, 0.2) is 0 Å². The van der Waals surface area contributed by atoms with Crippen molar-refractivity contribution >= 4 is 29.5 Å². The summed E-state index contributed by atoms with van der Waals surface area (Å²) in [6.07, 6.45) is 0. The van der Waals surface area contributed by atoms with Crippen molar-refractivity contribution in [1.29, 1.82) is 0 Å². The van der Waals surface area contributed by atoms with Crippen LogP contribution in [0, 0.1) is 20.8 Å². The third kappa shape index (κ3) is 3.63. The van der Waals surface area contributed by atoms with Crippen molar-refractivity contribution in [3.05, 3.63) is 22.8 Å². The van der Waals surface area contributed by atoms with Crippen molar-refractivity contribution in [2.75, 3.05) is 11.1 Å². The van der Waals surface area contributed by atoms with E-state index in [-0.39, 0.29) is 23.6 Å². The monoisotopic (exact) mass is 361 g/mol. The van der Waals surface area contributed by atoms with E-state index in [0.29, 0.717) is 16.8 Å². The average Bonchev–Trinajstić information content (AvgIpc) is 3.18. The first kappa shape index (κ1) is 17.3. The second kappa shape index (κ2) is 6.79. The van der Waals surface area contributed by atoms with Crippen LogP contribution in [0.1, 0.15) is 42.6 Å². The first-order valence-corrected chi connectivity index (χ1v) is 8.80. The molecule has 25 heavy (non-hydrogen) atoms. The zero-order valence-electron chi connectivity index (χ0n) is 14.7. The van der Waals surface area contributed by atoms with Crippen LogP contribution in [0.25, 0.3) is 5.78 Å². The van der Waals surface area contributed by atoms with Gasteiger partial charge in [0.25, 0.3) is 5.78 Å². The minimum atomic E-state index is -0.264. The Kier molecular flexibility index (Phi) is 4.71. The molecule has 0 spiro atoms. The first-order chi connectivity index (χ1) is 11.8. The van der Waals surface area contributed by atoms with Gasteiger partial charge >= 0.3 is 6.01 Å². The standard InChI is InChI=1S/C15H19N7O2S/c1-7(2)12-19-20-14(24-12)17-11(23)6-25-15-18-13-16-9(4)8(3)10(5)22(13)21-15/h7H,6H2,1-5H3,(H,17,20,23). The van der Waals surface area contributed by atoms with Crippen LogP contribution in [0.15, 0.2) is 9.57 Å². The number of carbonyl (C=O) groups excluding carboxylic acids is 1. The summed E-state index contributed by atoms with van der Waals surface area (Å²) < 4.78 is 7.04. The van der Waals surface area contributed by atoms with Crippen LogP contribution in [0.5, 0.6) is 0 Å². The van der Waals surface area contributed by atoms with Crippen LogP contribution < -0.4 is 5.32 Å². The molecule has 0 bridgehead atoms. The Hall–Kier alpha value is -2.49. The number of hydrogen-bond donors (Lipinski definition) is 1. The zero-order valence-corrected chi connectivity index (χ0v) is 15.5. The minimum Gasteiger partial charge on any atom is -0.408 e. The highest BCUT2D eigenvalue weighted by Gasteiger charge is 2.15. The number of aromatic nitrogens is 6. The van der Waals surface area contributed by atoms with Crippen molar-refractivity contribution in [2.45, 2.75) is 45.7 Å². The molecule has 0 atom stereocenters. The van der Waals surface area contributed by atoms with E-state index in [9.17, 15) is 4.79 Å². The van der Waals surface area contributed by atoms with Crippen LogP contribution in [0.4, 0.5) is 6.01 Å². The molecule has 9 nitrogen and oxygen atoms in total. The van der Waals surface area contributed by atoms with Gasteiger partial charge < -0.3 is 4.42 Å². The Bertz CT molecular complexity index is 931. The fourth-order valence-electron chi connectivity index (χ4n) is 2.10. The largest absolute Gasteiger partial charge is 0.408 e. The Balaban J connectivity index is 1.65. The maximum absolute atomic E-state index is 12.0. The number of aryl methyl sites for hydroxylation is 2. The number of rotatable bonds is 5. The lowest BCUT2D eigenvalue weighted by Crippen LogP contribution is -2.14. The van der Waals surface area contributed by atoms with Gasteiger partial charge in [-0.25, -0.2) is 9.50 Å². The number of hydrogen-bond acceptors (Lipinski definition) is 8. The lowest BCUT2D eigenvalue weighted by molar-refractivity contribution is -0.113. The first-order valence-electron chi connectivity index (χ1n) is 7.81. The van der Waals surface area contributed by atoms with E-state index in [2.05, 4.69) is 30.6 Å². The van der Waals surface area contributed by atoms with Crippen LogP contribution in [-0.2, 0) is 4.79 Å². The van der Waals surface area contributed by atoms with Gasteiger partial charge in [-0.15, -0.1) is 10.2 Å². The zero-order chi connectivity index (χ0) is 18.1. The second-order valence-corrected chi connectivity index (χ2v) is 6.89. The fourth-order valence-corrected chi connectivity index (χ4v) is 2.72. The maximum atomic E-state index is 12.0. The highest BCUT2D eigenvalue weighted by molar-refractivity contribution is 7.99. The average molecular weight is 361 g/mol. The van der Waals surface area contributed by atoms with Crippen LogP contribution in [0.2, 0.25) is 0 Å². The molecule has 0 radical (unpaired) electrons. The van der Waals surface area contributed by atoms with E-state index < -0.39 is 0 Å². The molecule has 3 aromatic heterocycles. The third-order valence-corrected chi connectivity index (χ3v) is 4.59. The van der Waals surface area contributed by atoms with Crippen molar-refractivity contribution < 1.29 is 9.21 Å². The van der Waals surface area contributed by atoms with Crippen molar-refractivity contribution in [3.63, 3.8) is 0 Å². The molecular formula is C15H19N7O2S. The molecular weight excluding hydrogens is 342 g/mol. The molecule has 132 valence electrons. The maximum Gasteiger partial charge on any atom is 0.322 e. The smallest absolute Gasteiger partial charge is 0.322 e. The molecule has 3 rings (SSSR count). The Labute approximate surface area is 148 Å². The fraction of sp³-hybridized carbons (Fsp3) is 0.467. The summed E-state index contributed by atoms with van der Waals surface area (Å²) in [6, 6.07) is 0.0982. The van der Waals surface area contributed by atoms with Crippen molar-refractivity contribution in [2.24, 2.45) is 0 Å². The number of anilines is 1. The quantitative estimate of drug-likeness (QED) is 0.689. The lowest BCUT2D eigenvalue weighted by atomic mass is 10.2. The number of nitrogens with one attached hydrogen (secondary N) is 1. The number of carbonyl (C=O) groups is 1. The summed E-state index contributed by atoms with van der Waals surface area (Å²) in [7, 11) is 0. The summed E-state index contributed by atoms with van der Waals surface area (Å²) in [5, 5.41) is 15.1. The van der Waals surface area contributed by atoms with Crippen LogP contribution >= 0.6 is 11.8 Å². The van der Waals surface area contributed by atoms with Crippen molar-refractivity contribution in [1.82, 2.24) is 29.8 Å². The molecule has 0 aliphatic rings. The Morgan fingerprint density at radius 2 is 2.00 bits per heavy atom. The molecule has 0 aromatic carbocycles. The highest BCUT2D eigenvalue weighted by atomic mass is 32.2. The molecule has 0 saturated carbocycles. The number of thioether (sulfide) groups is 1. The van der Waals surface area contributed by atoms with Gasteiger partial charge in [0.1, 0.15) is 0 Å². The molecule has 0 aliphatic heterocycles. The summed E-state index contributed by atoms with van der Waals surface area (Å²) in [4.78, 5) is 20.8. The topological polar surface area (TPSA) is 111 Å². The van der Waals surface area contributed by atoms with E-state index in [4.69, 9.17) is 4.42 Å². The van der Waals surface area contributed by atoms with Gasteiger partial charge in [0.2, 0.25) is 17.0 Å². The predicted octanol–water partition coefficient (Wildman–Crippen LogP) is 2.29. The molecule has 3 heterocycles. The van der Waals surface area contributed by atoms with Gasteiger partial charge in [-0.2, -0.15) is 4.98 Å². The normalized spacial score (nSPS) is 11.4. The molecule has 10 heteroatoms. The lowest BCUT2D eigenvalue weighted by Gasteiger charge is -2.04. The van der Waals surface area contributed by atoms with Gasteiger partial charge in [0.05, 0.1) is 5.75 Å². The van der Waals surface area contributed by atoms with E-state index in [0.717, 1.165) is 17.0 Å². The van der Waals surface area contributed by atoms with Crippen LogP contribution in [-0.4, -0.2) is 41.4 Å². The van der Waals surface area contributed by atoms with E-state index in [1.165, 1.54) is 11.8 Å². The molecule has 1 N–H and O–H groups in total. The molecule has 0 aliphatic carbocycles. The second-order valence-electron chi connectivity index (χ2n) is 5.95. The SMILES string of the molecule is Cc1nc2nc(SCC(=O)Nc3nnc(C(C)C)o3)nn2c(C)c1C. The number of amides is 1.